The standard InChI is InChI=1S/C11H15ClN2/c1-9-8-13-6-7-14(9)11-4-2-10(12)3-5-11/h2-5,9,13H,6-8H2,1H3/p+1/t9-/m1/s1. The summed E-state index contributed by atoms with van der Waals surface area (Å²) in [7, 11) is 0. The summed E-state index contributed by atoms with van der Waals surface area (Å²) in [6.07, 6.45) is 0. The highest BCUT2D eigenvalue weighted by molar-refractivity contribution is 6.30. The van der Waals surface area contributed by atoms with Crippen LogP contribution in [0.3, 0.4) is 0 Å². The van der Waals surface area contributed by atoms with Crippen LogP contribution in [0.2, 0.25) is 5.02 Å². The highest BCUT2D eigenvalue weighted by Gasteiger charge is 2.20. The van der Waals surface area contributed by atoms with Crippen molar-refractivity contribution in [3.63, 3.8) is 0 Å². The highest BCUT2D eigenvalue weighted by atomic mass is 35.5. The number of halogens is 1. The third kappa shape index (κ3) is 2.02. The van der Waals surface area contributed by atoms with E-state index in [4.69, 9.17) is 11.6 Å². The van der Waals surface area contributed by atoms with E-state index in [-0.39, 0.29) is 0 Å². The van der Waals surface area contributed by atoms with Crippen molar-refractivity contribution in [3.8, 4) is 0 Å². The molecule has 3 heteroatoms. The van der Waals surface area contributed by atoms with Gasteiger partial charge in [0.15, 0.2) is 0 Å². The lowest BCUT2D eigenvalue weighted by Gasteiger charge is -2.33. The molecule has 1 aromatic carbocycles. The molecule has 1 heterocycles. The van der Waals surface area contributed by atoms with E-state index < -0.39 is 0 Å². The summed E-state index contributed by atoms with van der Waals surface area (Å²) < 4.78 is 0. The van der Waals surface area contributed by atoms with Crippen LogP contribution < -0.4 is 10.2 Å². The summed E-state index contributed by atoms with van der Waals surface area (Å²) in [6.45, 7) is 5.77. The van der Waals surface area contributed by atoms with Gasteiger partial charge in [-0.25, -0.2) is 0 Å². The maximum atomic E-state index is 5.86. The molecule has 0 aromatic heterocycles. The lowest BCUT2D eigenvalue weighted by Crippen LogP contribution is -2.91. The zero-order valence-corrected chi connectivity index (χ0v) is 9.17. The maximum absolute atomic E-state index is 5.86. The summed E-state index contributed by atoms with van der Waals surface area (Å²) in [4.78, 5) is 2.44. The van der Waals surface area contributed by atoms with Gasteiger partial charge in [-0.05, 0) is 31.2 Å². The first kappa shape index (κ1) is 9.81. The molecule has 0 bridgehead atoms. The molecule has 2 nitrogen and oxygen atoms in total. The van der Waals surface area contributed by atoms with E-state index in [0.29, 0.717) is 6.04 Å². The normalized spacial score (nSPS) is 22.4. The molecule has 0 saturated carbocycles. The zero-order chi connectivity index (χ0) is 9.97. The average molecular weight is 212 g/mol. The first-order chi connectivity index (χ1) is 6.77. The lowest BCUT2D eigenvalue weighted by molar-refractivity contribution is -0.659. The number of hydrogen-bond acceptors (Lipinski definition) is 1. The molecule has 76 valence electrons. The van der Waals surface area contributed by atoms with E-state index in [0.717, 1.165) is 11.6 Å². The third-order valence-electron chi connectivity index (χ3n) is 2.77. The SMILES string of the molecule is C[C@@H]1C[NH2+]CCN1c1ccc(Cl)cc1. The molecular formula is C11H16ClN2+. The number of hydrogen-bond donors (Lipinski definition) is 1. The molecule has 0 radical (unpaired) electrons. The Kier molecular flexibility index (Phi) is 2.94. The smallest absolute Gasteiger partial charge is 0.0959 e. The Bertz CT molecular complexity index is 297. The number of quaternary nitrogens is 1. The first-order valence-electron chi connectivity index (χ1n) is 5.11. The van der Waals surface area contributed by atoms with E-state index in [1.165, 1.54) is 18.8 Å². The van der Waals surface area contributed by atoms with Crippen molar-refractivity contribution < 1.29 is 5.32 Å². The molecule has 1 atom stereocenters. The van der Waals surface area contributed by atoms with Crippen LogP contribution in [0, 0.1) is 0 Å². The van der Waals surface area contributed by atoms with Gasteiger partial charge in [0.25, 0.3) is 0 Å². The van der Waals surface area contributed by atoms with Gasteiger partial charge in [-0.2, -0.15) is 0 Å². The molecule has 2 rings (SSSR count). The second-order valence-electron chi connectivity index (χ2n) is 3.83. The van der Waals surface area contributed by atoms with E-state index in [1.54, 1.807) is 0 Å². The Morgan fingerprint density at radius 2 is 2.07 bits per heavy atom. The quantitative estimate of drug-likeness (QED) is 0.738. The summed E-state index contributed by atoms with van der Waals surface area (Å²) in [5, 5.41) is 3.18. The van der Waals surface area contributed by atoms with Crippen LogP contribution in [0.1, 0.15) is 6.92 Å². The van der Waals surface area contributed by atoms with Gasteiger partial charge in [0.2, 0.25) is 0 Å². The summed E-state index contributed by atoms with van der Waals surface area (Å²) in [5.74, 6) is 0. The number of anilines is 1. The fourth-order valence-electron chi connectivity index (χ4n) is 1.95. The largest absolute Gasteiger partial charge is 0.358 e. The second-order valence-corrected chi connectivity index (χ2v) is 4.27. The second kappa shape index (κ2) is 4.20. The minimum absolute atomic E-state index is 0.616. The van der Waals surface area contributed by atoms with E-state index in [9.17, 15) is 0 Å². The molecule has 1 aromatic rings. The molecule has 1 fully saturated rings. The van der Waals surface area contributed by atoms with Gasteiger partial charge in [-0.1, -0.05) is 11.6 Å². The minimum Gasteiger partial charge on any atom is -0.358 e. The van der Waals surface area contributed by atoms with E-state index >= 15 is 0 Å². The van der Waals surface area contributed by atoms with Crippen LogP contribution in [-0.4, -0.2) is 25.7 Å². The third-order valence-corrected chi connectivity index (χ3v) is 3.02. The van der Waals surface area contributed by atoms with Crippen LogP contribution in [0.4, 0.5) is 5.69 Å². The Morgan fingerprint density at radius 1 is 1.36 bits per heavy atom. The molecule has 1 aliphatic rings. The van der Waals surface area contributed by atoms with Gasteiger partial charge in [0.05, 0.1) is 25.7 Å². The van der Waals surface area contributed by atoms with Crippen molar-refractivity contribution in [2.24, 2.45) is 0 Å². The summed E-state index contributed by atoms with van der Waals surface area (Å²) in [5.41, 5.74) is 1.29. The monoisotopic (exact) mass is 211 g/mol. The van der Waals surface area contributed by atoms with Crippen LogP contribution in [0.5, 0.6) is 0 Å². The van der Waals surface area contributed by atoms with Crippen molar-refractivity contribution in [1.29, 1.82) is 0 Å². The van der Waals surface area contributed by atoms with Crippen LogP contribution >= 0.6 is 11.6 Å². The molecule has 0 spiro atoms. The zero-order valence-electron chi connectivity index (χ0n) is 8.41. The minimum atomic E-state index is 0.616. The van der Waals surface area contributed by atoms with Gasteiger partial charge >= 0.3 is 0 Å². The predicted octanol–water partition coefficient (Wildman–Crippen LogP) is 1.11. The maximum Gasteiger partial charge on any atom is 0.0959 e. The molecular weight excluding hydrogens is 196 g/mol. The fourth-order valence-corrected chi connectivity index (χ4v) is 2.08. The Labute approximate surface area is 89.9 Å². The number of rotatable bonds is 1. The molecule has 1 aliphatic heterocycles. The highest BCUT2D eigenvalue weighted by Crippen LogP contribution is 2.19. The van der Waals surface area contributed by atoms with E-state index in [1.807, 2.05) is 12.1 Å². The van der Waals surface area contributed by atoms with Crippen molar-refractivity contribution in [2.75, 3.05) is 24.5 Å². The van der Waals surface area contributed by atoms with Crippen LogP contribution in [-0.2, 0) is 0 Å². The molecule has 0 aliphatic carbocycles. The Hall–Kier alpha value is -0.730. The van der Waals surface area contributed by atoms with Gasteiger partial charge in [0.1, 0.15) is 0 Å². The van der Waals surface area contributed by atoms with Crippen molar-refractivity contribution in [2.45, 2.75) is 13.0 Å². The van der Waals surface area contributed by atoms with Crippen LogP contribution in [0.25, 0.3) is 0 Å². The molecule has 0 amide bonds. The molecule has 1 saturated heterocycles. The molecule has 2 N–H and O–H groups in total. The summed E-state index contributed by atoms with van der Waals surface area (Å²) in [6, 6.07) is 8.74. The van der Waals surface area contributed by atoms with Gasteiger partial charge in [0, 0.05) is 10.7 Å². The number of benzene rings is 1. The Balaban J connectivity index is 2.16. The molecule has 0 unspecified atom stereocenters. The van der Waals surface area contributed by atoms with Crippen molar-refractivity contribution >= 4 is 17.3 Å². The van der Waals surface area contributed by atoms with Gasteiger partial charge in [-0.3, -0.25) is 0 Å². The molecule has 14 heavy (non-hydrogen) atoms. The lowest BCUT2D eigenvalue weighted by atomic mass is 10.2. The fraction of sp³-hybridized carbons (Fsp3) is 0.455. The van der Waals surface area contributed by atoms with Crippen molar-refractivity contribution in [1.82, 2.24) is 0 Å². The predicted molar refractivity (Wildman–Crippen MR) is 59.9 cm³/mol. The number of nitrogens with two attached hydrogens (primary N) is 1. The number of nitrogens with zero attached hydrogens (tertiary/aromatic N) is 1. The van der Waals surface area contributed by atoms with Gasteiger partial charge in [-0.15, -0.1) is 0 Å². The first-order valence-corrected chi connectivity index (χ1v) is 5.49. The Morgan fingerprint density at radius 3 is 2.71 bits per heavy atom. The summed E-state index contributed by atoms with van der Waals surface area (Å²) >= 11 is 5.86. The van der Waals surface area contributed by atoms with Gasteiger partial charge < -0.3 is 10.2 Å². The topological polar surface area (TPSA) is 19.9 Å². The number of piperazine rings is 1. The van der Waals surface area contributed by atoms with Crippen molar-refractivity contribution in [3.05, 3.63) is 29.3 Å². The average Bonchev–Trinajstić information content (AvgIpc) is 2.20. The van der Waals surface area contributed by atoms with E-state index in [2.05, 4.69) is 29.3 Å². The van der Waals surface area contributed by atoms with Crippen LogP contribution in [0.15, 0.2) is 24.3 Å².